The summed E-state index contributed by atoms with van der Waals surface area (Å²) >= 11 is 0. The van der Waals surface area contributed by atoms with Crippen molar-refractivity contribution in [2.45, 2.75) is 19.4 Å². The Hall–Kier alpha value is -2.03. The van der Waals surface area contributed by atoms with Crippen LogP contribution in [-0.4, -0.2) is 18.6 Å². The third kappa shape index (κ3) is 1.82. The van der Waals surface area contributed by atoms with Gasteiger partial charge in [0.05, 0.1) is 6.61 Å². The molecule has 1 saturated heterocycles. The molecule has 1 unspecified atom stereocenters. The second kappa shape index (κ2) is 4.33. The van der Waals surface area contributed by atoms with Gasteiger partial charge in [0.2, 0.25) is 0 Å². The van der Waals surface area contributed by atoms with E-state index in [4.69, 9.17) is 4.74 Å². The molecule has 0 aromatic heterocycles. The molecule has 18 heavy (non-hydrogen) atoms. The van der Waals surface area contributed by atoms with Gasteiger partial charge in [0, 0.05) is 17.5 Å². The van der Waals surface area contributed by atoms with Gasteiger partial charge in [0.1, 0.15) is 6.04 Å². The molecule has 1 N–H and O–H groups in total. The van der Waals surface area contributed by atoms with Crippen LogP contribution >= 0.6 is 0 Å². The predicted molar refractivity (Wildman–Crippen MR) is 71.7 cm³/mol. The second-order valence-electron chi connectivity index (χ2n) is 4.63. The van der Waals surface area contributed by atoms with Crippen LogP contribution in [0.4, 0.5) is 5.69 Å². The number of carbonyl (C=O) groups excluding carboxylic acids is 1. The molecule has 1 atom stereocenters. The maximum Gasteiger partial charge on any atom is 0.328 e. The van der Waals surface area contributed by atoms with Crippen LogP contribution < -0.4 is 5.32 Å². The number of hydrogen-bond acceptors (Lipinski definition) is 3. The van der Waals surface area contributed by atoms with Gasteiger partial charge >= 0.3 is 5.97 Å². The summed E-state index contributed by atoms with van der Waals surface area (Å²) < 4.78 is 4.99. The Kier molecular flexibility index (Phi) is 2.67. The Morgan fingerprint density at radius 2 is 2.06 bits per heavy atom. The number of nitrogens with one attached hydrogen (secondary N) is 1. The number of carbonyl (C=O) groups is 1. The highest BCUT2D eigenvalue weighted by Gasteiger charge is 2.26. The van der Waals surface area contributed by atoms with E-state index in [2.05, 4.69) is 36.5 Å². The van der Waals surface area contributed by atoms with Crippen molar-refractivity contribution in [2.24, 2.45) is 0 Å². The average molecular weight is 241 g/mol. The van der Waals surface area contributed by atoms with Crippen LogP contribution in [0.5, 0.6) is 0 Å². The maximum absolute atomic E-state index is 11.5. The molecule has 3 rings (SSSR count). The first kappa shape index (κ1) is 11.1. The zero-order chi connectivity index (χ0) is 12.5. The lowest BCUT2D eigenvalue weighted by atomic mass is 10.0. The molecule has 0 bridgehead atoms. The van der Waals surface area contributed by atoms with E-state index in [1.165, 1.54) is 5.39 Å². The Morgan fingerprint density at radius 1 is 1.22 bits per heavy atom. The summed E-state index contributed by atoms with van der Waals surface area (Å²) in [7, 11) is 0. The summed E-state index contributed by atoms with van der Waals surface area (Å²) in [6, 6.07) is 12.1. The molecule has 0 spiro atoms. The van der Waals surface area contributed by atoms with Gasteiger partial charge in [-0.05, 0) is 17.9 Å². The van der Waals surface area contributed by atoms with Crippen LogP contribution in [0.3, 0.4) is 0 Å². The number of fused-ring (bicyclic) bond motifs is 1. The molecule has 3 nitrogen and oxygen atoms in total. The number of benzene rings is 2. The van der Waals surface area contributed by atoms with Crippen LogP contribution in [0, 0.1) is 6.92 Å². The van der Waals surface area contributed by atoms with Crippen LogP contribution in [0.2, 0.25) is 0 Å². The molecular weight excluding hydrogens is 226 g/mol. The van der Waals surface area contributed by atoms with E-state index in [1.54, 1.807) is 0 Å². The summed E-state index contributed by atoms with van der Waals surface area (Å²) in [6.45, 7) is 2.56. The minimum absolute atomic E-state index is 0.151. The zero-order valence-corrected chi connectivity index (χ0v) is 10.3. The molecule has 1 heterocycles. The number of anilines is 1. The topological polar surface area (TPSA) is 38.3 Å². The minimum atomic E-state index is -0.213. The Balaban J connectivity index is 2.04. The second-order valence-corrected chi connectivity index (χ2v) is 4.63. The molecule has 0 amide bonds. The number of aryl methyl sites for hydroxylation is 1. The molecule has 3 heteroatoms. The molecule has 2 aromatic rings. The predicted octanol–water partition coefficient (Wildman–Crippen LogP) is 2.88. The lowest BCUT2D eigenvalue weighted by molar-refractivity contribution is -0.138. The van der Waals surface area contributed by atoms with Crippen molar-refractivity contribution < 1.29 is 9.53 Å². The van der Waals surface area contributed by atoms with E-state index in [1.807, 2.05) is 12.1 Å². The van der Waals surface area contributed by atoms with Gasteiger partial charge in [-0.2, -0.15) is 0 Å². The molecule has 1 aliphatic heterocycles. The van der Waals surface area contributed by atoms with Gasteiger partial charge in [-0.3, -0.25) is 0 Å². The number of esters is 1. The molecule has 0 saturated carbocycles. The first-order valence-electron chi connectivity index (χ1n) is 6.17. The largest absolute Gasteiger partial charge is 0.464 e. The number of ether oxygens (including phenoxy) is 1. The maximum atomic E-state index is 11.5. The third-order valence-electron chi connectivity index (χ3n) is 3.39. The van der Waals surface area contributed by atoms with E-state index in [9.17, 15) is 4.79 Å². The van der Waals surface area contributed by atoms with Crippen molar-refractivity contribution in [1.82, 2.24) is 0 Å². The van der Waals surface area contributed by atoms with Crippen molar-refractivity contribution in [3.05, 3.63) is 42.0 Å². The van der Waals surface area contributed by atoms with E-state index < -0.39 is 0 Å². The lowest BCUT2D eigenvalue weighted by Crippen LogP contribution is -2.24. The molecule has 0 aliphatic carbocycles. The molecule has 2 aromatic carbocycles. The first-order chi connectivity index (χ1) is 8.75. The minimum Gasteiger partial charge on any atom is -0.464 e. The van der Waals surface area contributed by atoms with Gasteiger partial charge in [-0.15, -0.1) is 0 Å². The number of cyclic esters (lactones) is 1. The van der Waals surface area contributed by atoms with Crippen molar-refractivity contribution in [2.75, 3.05) is 11.9 Å². The first-order valence-corrected chi connectivity index (χ1v) is 6.17. The van der Waals surface area contributed by atoms with Crippen molar-refractivity contribution in [1.29, 1.82) is 0 Å². The fourth-order valence-electron chi connectivity index (χ4n) is 2.37. The van der Waals surface area contributed by atoms with Crippen molar-refractivity contribution in [3.8, 4) is 0 Å². The highest BCUT2D eigenvalue weighted by molar-refractivity contribution is 5.97. The molecule has 92 valence electrons. The Bertz CT molecular complexity index is 606. The summed E-state index contributed by atoms with van der Waals surface area (Å²) in [5.41, 5.74) is 2.19. The lowest BCUT2D eigenvalue weighted by Gasteiger charge is -2.15. The van der Waals surface area contributed by atoms with Crippen molar-refractivity contribution >= 4 is 22.4 Å². The van der Waals surface area contributed by atoms with E-state index >= 15 is 0 Å². The summed E-state index contributed by atoms with van der Waals surface area (Å²) in [5.74, 6) is -0.151. The van der Waals surface area contributed by atoms with E-state index in [0.717, 1.165) is 23.1 Å². The molecule has 1 fully saturated rings. The highest BCUT2D eigenvalue weighted by Crippen LogP contribution is 2.28. The highest BCUT2D eigenvalue weighted by atomic mass is 16.5. The van der Waals surface area contributed by atoms with Gasteiger partial charge in [0.25, 0.3) is 0 Å². The Morgan fingerprint density at radius 3 is 2.83 bits per heavy atom. The zero-order valence-electron chi connectivity index (χ0n) is 10.3. The fraction of sp³-hybridized carbons (Fsp3) is 0.267. The Labute approximate surface area is 106 Å². The van der Waals surface area contributed by atoms with Crippen LogP contribution in [0.15, 0.2) is 36.4 Å². The molecule has 1 aliphatic rings. The molecule has 0 radical (unpaired) electrons. The number of hydrogen-bond donors (Lipinski definition) is 1. The number of rotatable bonds is 2. The third-order valence-corrected chi connectivity index (χ3v) is 3.39. The average Bonchev–Trinajstić information content (AvgIpc) is 2.79. The smallest absolute Gasteiger partial charge is 0.328 e. The summed E-state index contributed by atoms with van der Waals surface area (Å²) in [4.78, 5) is 11.5. The quantitative estimate of drug-likeness (QED) is 0.822. The van der Waals surface area contributed by atoms with Crippen LogP contribution in [-0.2, 0) is 9.53 Å². The normalized spacial score (nSPS) is 18.9. The van der Waals surface area contributed by atoms with E-state index in [-0.39, 0.29) is 12.0 Å². The monoisotopic (exact) mass is 241 g/mol. The molecular formula is C15H15NO2. The van der Waals surface area contributed by atoms with Gasteiger partial charge < -0.3 is 10.1 Å². The summed E-state index contributed by atoms with van der Waals surface area (Å²) in [5, 5.41) is 5.66. The van der Waals surface area contributed by atoms with Gasteiger partial charge in [0.15, 0.2) is 0 Å². The SMILES string of the molecule is Cc1ccc2ccccc2c1NC1CCOC1=O. The van der Waals surface area contributed by atoms with Crippen LogP contribution in [0.1, 0.15) is 12.0 Å². The van der Waals surface area contributed by atoms with Gasteiger partial charge in [-0.1, -0.05) is 36.4 Å². The summed E-state index contributed by atoms with van der Waals surface area (Å²) in [6.07, 6.45) is 0.738. The standard InChI is InChI=1S/C15H15NO2/c1-10-6-7-11-4-2-3-5-12(11)14(10)16-13-8-9-18-15(13)17/h2-7,13,16H,8-9H2,1H3. The van der Waals surface area contributed by atoms with Gasteiger partial charge in [-0.25, -0.2) is 4.79 Å². The van der Waals surface area contributed by atoms with Crippen molar-refractivity contribution in [3.63, 3.8) is 0 Å². The van der Waals surface area contributed by atoms with Crippen LogP contribution in [0.25, 0.3) is 10.8 Å². The van der Waals surface area contributed by atoms with E-state index in [0.29, 0.717) is 6.61 Å². The fourth-order valence-corrected chi connectivity index (χ4v) is 2.37.